The van der Waals surface area contributed by atoms with E-state index in [1.54, 1.807) is 0 Å². The van der Waals surface area contributed by atoms with Gasteiger partial charge in [-0.15, -0.1) is 0 Å². The van der Waals surface area contributed by atoms with Crippen molar-refractivity contribution in [2.24, 2.45) is 0 Å². The smallest absolute Gasteiger partial charge is 0.0584 e. The Kier molecular flexibility index (Phi) is 3.92. The van der Waals surface area contributed by atoms with Crippen LogP contribution in [-0.4, -0.2) is 28.0 Å². The molecule has 0 amide bonds. The highest BCUT2D eigenvalue weighted by Gasteiger charge is 2.05. The number of H-pyrrole nitrogens is 1. The predicted molar refractivity (Wildman–Crippen MR) is 51.3 cm³/mol. The Bertz CT molecular complexity index is 243. The van der Waals surface area contributed by atoms with Gasteiger partial charge in [0, 0.05) is 23.8 Å². The topological polar surface area (TPSA) is 60.9 Å². The van der Waals surface area contributed by atoms with Crippen LogP contribution in [0.25, 0.3) is 0 Å². The van der Waals surface area contributed by atoms with E-state index in [9.17, 15) is 0 Å². The lowest BCUT2D eigenvalue weighted by Crippen LogP contribution is -2.31. The Hall–Kier alpha value is -0.870. The highest BCUT2D eigenvalue weighted by Crippen LogP contribution is 2.02. The molecule has 0 aliphatic rings. The third-order valence-corrected chi connectivity index (χ3v) is 2.23. The van der Waals surface area contributed by atoms with Crippen molar-refractivity contribution in [3.63, 3.8) is 0 Å². The van der Waals surface area contributed by atoms with Crippen LogP contribution in [0.15, 0.2) is 6.20 Å². The van der Waals surface area contributed by atoms with E-state index in [0.29, 0.717) is 0 Å². The van der Waals surface area contributed by atoms with Crippen LogP contribution < -0.4 is 5.32 Å². The number of aryl methyl sites for hydroxylation is 1. The molecule has 4 heteroatoms. The van der Waals surface area contributed by atoms with Crippen molar-refractivity contribution in [2.75, 3.05) is 6.61 Å². The quantitative estimate of drug-likeness (QED) is 0.625. The Labute approximate surface area is 78.4 Å². The molecule has 3 N–H and O–H groups in total. The first-order valence-electron chi connectivity index (χ1n) is 4.61. The Morgan fingerprint density at radius 1 is 1.69 bits per heavy atom. The molecule has 0 aliphatic carbocycles. The average molecular weight is 183 g/mol. The zero-order chi connectivity index (χ0) is 9.68. The van der Waals surface area contributed by atoms with Crippen molar-refractivity contribution < 1.29 is 5.11 Å². The van der Waals surface area contributed by atoms with Crippen LogP contribution in [0.4, 0.5) is 0 Å². The van der Waals surface area contributed by atoms with E-state index in [1.165, 1.54) is 0 Å². The Morgan fingerprint density at radius 3 is 2.92 bits per heavy atom. The summed E-state index contributed by atoms with van der Waals surface area (Å²) < 4.78 is 0. The lowest BCUT2D eigenvalue weighted by atomic mass is 10.2. The summed E-state index contributed by atoms with van der Waals surface area (Å²) in [6.45, 7) is 4.99. The highest BCUT2D eigenvalue weighted by molar-refractivity contribution is 5.13. The van der Waals surface area contributed by atoms with Crippen LogP contribution in [-0.2, 0) is 6.54 Å². The van der Waals surface area contributed by atoms with E-state index in [1.807, 2.05) is 13.1 Å². The molecule has 0 spiro atoms. The normalized spacial score (nSPS) is 13.2. The fourth-order valence-corrected chi connectivity index (χ4v) is 1.15. The fraction of sp³-hybridized carbons (Fsp3) is 0.667. The van der Waals surface area contributed by atoms with Crippen molar-refractivity contribution in [3.8, 4) is 0 Å². The summed E-state index contributed by atoms with van der Waals surface area (Å²) in [5, 5.41) is 19.0. The standard InChI is InChI=1S/C9H17N3O/c1-3-9(6-13)10-4-8-5-11-12-7(8)2/h5,9-10,13H,3-4,6H2,1-2H3,(H,11,12)/t9-/m1/s1. The Morgan fingerprint density at radius 2 is 2.46 bits per heavy atom. The summed E-state index contributed by atoms with van der Waals surface area (Å²) in [7, 11) is 0. The number of hydrogen-bond donors (Lipinski definition) is 3. The van der Waals surface area contributed by atoms with Gasteiger partial charge in [-0.3, -0.25) is 5.10 Å². The highest BCUT2D eigenvalue weighted by atomic mass is 16.3. The van der Waals surface area contributed by atoms with Gasteiger partial charge in [-0.05, 0) is 13.3 Å². The number of nitrogens with one attached hydrogen (secondary N) is 2. The zero-order valence-corrected chi connectivity index (χ0v) is 8.17. The van der Waals surface area contributed by atoms with E-state index < -0.39 is 0 Å². The van der Waals surface area contributed by atoms with Crippen molar-refractivity contribution in [1.29, 1.82) is 0 Å². The van der Waals surface area contributed by atoms with Crippen LogP contribution in [0.2, 0.25) is 0 Å². The first-order valence-corrected chi connectivity index (χ1v) is 4.61. The van der Waals surface area contributed by atoms with Crippen LogP contribution in [0.3, 0.4) is 0 Å². The number of nitrogens with zero attached hydrogens (tertiary/aromatic N) is 1. The number of aromatic amines is 1. The molecule has 1 aromatic rings. The maximum absolute atomic E-state index is 8.94. The number of rotatable bonds is 5. The number of aliphatic hydroxyl groups excluding tert-OH is 1. The van der Waals surface area contributed by atoms with Crippen molar-refractivity contribution in [2.45, 2.75) is 32.9 Å². The van der Waals surface area contributed by atoms with Gasteiger partial charge in [0.2, 0.25) is 0 Å². The van der Waals surface area contributed by atoms with Gasteiger partial charge in [0.1, 0.15) is 0 Å². The summed E-state index contributed by atoms with van der Waals surface area (Å²) in [6.07, 6.45) is 2.75. The number of aliphatic hydroxyl groups is 1. The molecule has 1 heterocycles. The first kappa shape index (κ1) is 10.2. The molecule has 0 bridgehead atoms. The van der Waals surface area contributed by atoms with Crippen LogP contribution in [0, 0.1) is 6.92 Å². The summed E-state index contributed by atoms with van der Waals surface area (Å²) in [5.74, 6) is 0. The molecule has 1 rings (SSSR count). The van der Waals surface area contributed by atoms with E-state index >= 15 is 0 Å². The Balaban J connectivity index is 2.38. The second-order valence-corrected chi connectivity index (χ2v) is 3.19. The summed E-state index contributed by atoms with van der Waals surface area (Å²) in [4.78, 5) is 0. The van der Waals surface area contributed by atoms with E-state index in [-0.39, 0.29) is 12.6 Å². The van der Waals surface area contributed by atoms with Gasteiger partial charge in [0.25, 0.3) is 0 Å². The van der Waals surface area contributed by atoms with Crippen molar-refractivity contribution in [3.05, 3.63) is 17.5 Å². The zero-order valence-electron chi connectivity index (χ0n) is 8.17. The second-order valence-electron chi connectivity index (χ2n) is 3.19. The van der Waals surface area contributed by atoms with E-state index in [0.717, 1.165) is 24.2 Å². The molecule has 0 radical (unpaired) electrons. The first-order chi connectivity index (χ1) is 6.27. The van der Waals surface area contributed by atoms with E-state index in [4.69, 9.17) is 5.11 Å². The minimum absolute atomic E-state index is 0.188. The molecule has 0 saturated heterocycles. The molecule has 0 fully saturated rings. The largest absolute Gasteiger partial charge is 0.395 e. The van der Waals surface area contributed by atoms with Gasteiger partial charge in [-0.2, -0.15) is 5.10 Å². The lowest BCUT2D eigenvalue weighted by molar-refractivity contribution is 0.238. The maximum Gasteiger partial charge on any atom is 0.0584 e. The molecular formula is C9H17N3O. The van der Waals surface area contributed by atoms with Gasteiger partial charge in [0.15, 0.2) is 0 Å². The minimum atomic E-state index is 0.188. The average Bonchev–Trinajstić information content (AvgIpc) is 2.54. The van der Waals surface area contributed by atoms with Crippen LogP contribution in [0.1, 0.15) is 24.6 Å². The molecular weight excluding hydrogens is 166 g/mol. The van der Waals surface area contributed by atoms with Gasteiger partial charge in [-0.1, -0.05) is 6.92 Å². The third kappa shape index (κ3) is 2.82. The molecule has 0 aromatic carbocycles. The van der Waals surface area contributed by atoms with Gasteiger partial charge in [-0.25, -0.2) is 0 Å². The molecule has 13 heavy (non-hydrogen) atoms. The van der Waals surface area contributed by atoms with E-state index in [2.05, 4.69) is 22.4 Å². The third-order valence-electron chi connectivity index (χ3n) is 2.23. The predicted octanol–water partition coefficient (Wildman–Crippen LogP) is 0.579. The monoisotopic (exact) mass is 183 g/mol. The van der Waals surface area contributed by atoms with Crippen molar-refractivity contribution in [1.82, 2.24) is 15.5 Å². The molecule has 0 aliphatic heterocycles. The number of hydrogen-bond acceptors (Lipinski definition) is 3. The van der Waals surface area contributed by atoms with Gasteiger partial charge < -0.3 is 10.4 Å². The van der Waals surface area contributed by atoms with Gasteiger partial charge >= 0.3 is 0 Å². The molecule has 4 nitrogen and oxygen atoms in total. The van der Waals surface area contributed by atoms with Crippen molar-refractivity contribution >= 4 is 0 Å². The van der Waals surface area contributed by atoms with Crippen LogP contribution >= 0.6 is 0 Å². The second kappa shape index (κ2) is 4.99. The molecule has 74 valence electrons. The lowest BCUT2D eigenvalue weighted by Gasteiger charge is -2.12. The summed E-state index contributed by atoms with van der Waals surface area (Å²) in [6, 6.07) is 0.189. The maximum atomic E-state index is 8.94. The molecule has 1 aromatic heterocycles. The fourth-order valence-electron chi connectivity index (χ4n) is 1.15. The minimum Gasteiger partial charge on any atom is -0.395 e. The summed E-state index contributed by atoms with van der Waals surface area (Å²) in [5.41, 5.74) is 2.24. The molecule has 1 atom stereocenters. The molecule has 0 unspecified atom stereocenters. The number of aromatic nitrogens is 2. The summed E-state index contributed by atoms with van der Waals surface area (Å²) >= 11 is 0. The molecule has 0 saturated carbocycles. The van der Waals surface area contributed by atoms with Crippen LogP contribution in [0.5, 0.6) is 0 Å². The SMILES string of the molecule is CC[C@H](CO)NCc1cn[nH]c1C. The van der Waals surface area contributed by atoms with Gasteiger partial charge in [0.05, 0.1) is 12.8 Å².